The van der Waals surface area contributed by atoms with Gasteiger partial charge in [0.05, 0.1) is 12.6 Å². The van der Waals surface area contributed by atoms with Crippen molar-refractivity contribution >= 4 is 18.3 Å². The number of rotatable bonds is 3. The number of hydrogen-bond acceptors (Lipinski definition) is 3. The number of nitrogens with one attached hydrogen (secondary N) is 1. The summed E-state index contributed by atoms with van der Waals surface area (Å²) in [6.07, 6.45) is 0.919. The minimum Gasteiger partial charge on any atom is -0.493 e. The van der Waals surface area contributed by atoms with E-state index >= 15 is 0 Å². The number of carbonyl (C=O) groups excluding carboxylic acids is 1. The predicted octanol–water partition coefficient (Wildman–Crippen LogP) is 2.46. The summed E-state index contributed by atoms with van der Waals surface area (Å²) in [6.45, 7) is 7.23. The molecular weight excluding hydrogens is 288 g/mol. The normalized spacial score (nSPS) is 18.8. The van der Waals surface area contributed by atoms with Crippen molar-refractivity contribution in [1.82, 2.24) is 5.32 Å². The quantitative estimate of drug-likeness (QED) is 0.901. The molecular formula is C16H25ClN2O2. The van der Waals surface area contributed by atoms with Gasteiger partial charge in [-0.1, -0.05) is 39.0 Å². The molecule has 21 heavy (non-hydrogen) atoms. The van der Waals surface area contributed by atoms with Gasteiger partial charge in [0.1, 0.15) is 5.75 Å². The van der Waals surface area contributed by atoms with E-state index in [0.717, 1.165) is 12.2 Å². The number of ether oxygens (including phenoxy) is 1. The molecule has 4 nitrogen and oxygen atoms in total. The van der Waals surface area contributed by atoms with Crippen molar-refractivity contribution in [1.29, 1.82) is 0 Å². The number of para-hydroxylation sites is 1. The van der Waals surface area contributed by atoms with Crippen LogP contribution in [0.5, 0.6) is 5.75 Å². The van der Waals surface area contributed by atoms with Gasteiger partial charge in [-0.15, -0.1) is 12.4 Å². The number of nitrogens with two attached hydrogens (primary N) is 1. The molecule has 1 unspecified atom stereocenters. The van der Waals surface area contributed by atoms with Gasteiger partial charge >= 0.3 is 0 Å². The van der Waals surface area contributed by atoms with E-state index in [4.69, 9.17) is 10.5 Å². The van der Waals surface area contributed by atoms with E-state index in [-0.39, 0.29) is 23.7 Å². The minimum atomic E-state index is -0.488. The molecule has 1 aromatic carbocycles. The van der Waals surface area contributed by atoms with Crippen LogP contribution in [0.25, 0.3) is 0 Å². The Morgan fingerprint density at radius 3 is 2.76 bits per heavy atom. The maximum Gasteiger partial charge on any atom is 0.237 e. The van der Waals surface area contributed by atoms with Crippen LogP contribution >= 0.6 is 12.4 Å². The van der Waals surface area contributed by atoms with E-state index in [2.05, 4.69) is 11.4 Å². The molecule has 5 heteroatoms. The number of amides is 1. The monoisotopic (exact) mass is 312 g/mol. The lowest BCUT2D eigenvalue weighted by Gasteiger charge is -2.29. The predicted molar refractivity (Wildman–Crippen MR) is 87.0 cm³/mol. The number of fused-ring (bicyclic) bond motifs is 1. The van der Waals surface area contributed by atoms with Crippen LogP contribution in [0, 0.1) is 5.41 Å². The smallest absolute Gasteiger partial charge is 0.237 e. The van der Waals surface area contributed by atoms with Gasteiger partial charge in [0.2, 0.25) is 5.91 Å². The first-order valence-electron chi connectivity index (χ1n) is 7.14. The molecule has 0 fully saturated rings. The molecule has 1 amide bonds. The molecule has 3 N–H and O–H groups in total. The molecule has 2 atom stereocenters. The van der Waals surface area contributed by atoms with Crippen LogP contribution in [0.4, 0.5) is 0 Å². The van der Waals surface area contributed by atoms with Crippen molar-refractivity contribution in [3.8, 4) is 5.75 Å². The molecule has 1 heterocycles. The van der Waals surface area contributed by atoms with Crippen molar-refractivity contribution in [2.45, 2.75) is 39.2 Å². The average molecular weight is 313 g/mol. The lowest BCUT2D eigenvalue weighted by Crippen LogP contribution is -2.49. The standard InChI is InChI=1S/C16H24N2O2.ClH/c1-16(2,3)14(17)15(19)18-10-11-8-9-20-13-7-5-4-6-12(11)13;/h4-7,11,14H,8-10,17H2,1-3H3,(H,18,19);1H/t11?,14-;/m1./s1. The summed E-state index contributed by atoms with van der Waals surface area (Å²) in [5, 5.41) is 2.98. The third-order valence-corrected chi connectivity index (χ3v) is 3.82. The Kier molecular flexibility index (Phi) is 6.05. The minimum absolute atomic E-state index is 0. The highest BCUT2D eigenvalue weighted by Crippen LogP contribution is 2.32. The lowest BCUT2D eigenvalue weighted by molar-refractivity contribution is -0.124. The van der Waals surface area contributed by atoms with Crippen molar-refractivity contribution < 1.29 is 9.53 Å². The molecule has 0 aliphatic carbocycles. The molecule has 1 aromatic rings. The molecule has 0 saturated carbocycles. The Bertz CT molecular complexity index is 485. The van der Waals surface area contributed by atoms with Crippen molar-refractivity contribution in [2.24, 2.45) is 11.1 Å². The second-order valence-electron chi connectivity index (χ2n) is 6.46. The van der Waals surface area contributed by atoms with Gasteiger partial charge in [0, 0.05) is 12.5 Å². The number of carbonyl (C=O) groups is 1. The van der Waals surface area contributed by atoms with Gasteiger partial charge in [-0.25, -0.2) is 0 Å². The van der Waals surface area contributed by atoms with Crippen LogP contribution in [0.3, 0.4) is 0 Å². The summed E-state index contributed by atoms with van der Waals surface area (Å²) < 4.78 is 5.62. The van der Waals surface area contributed by atoms with Crippen molar-refractivity contribution in [3.63, 3.8) is 0 Å². The Balaban J connectivity index is 0.00000220. The molecule has 0 spiro atoms. The van der Waals surface area contributed by atoms with E-state index in [1.54, 1.807) is 0 Å². The third-order valence-electron chi connectivity index (χ3n) is 3.82. The lowest BCUT2D eigenvalue weighted by atomic mass is 9.86. The second kappa shape index (κ2) is 7.14. The summed E-state index contributed by atoms with van der Waals surface area (Å²) in [7, 11) is 0. The van der Waals surface area contributed by atoms with E-state index in [9.17, 15) is 4.79 Å². The Hall–Kier alpha value is -1.26. The van der Waals surface area contributed by atoms with Gasteiger partial charge in [0.15, 0.2) is 0 Å². The Morgan fingerprint density at radius 2 is 2.10 bits per heavy atom. The third kappa shape index (κ3) is 4.35. The van der Waals surface area contributed by atoms with Gasteiger partial charge in [-0.2, -0.15) is 0 Å². The van der Waals surface area contributed by atoms with Crippen LogP contribution in [-0.4, -0.2) is 25.1 Å². The van der Waals surface area contributed by atoms with Gasteiger partial charge in [0.25, 0.3) is 0 Å². The van der Waals surface area contributed by atoms with Crippen LogP contribution in [0.2, 0.25) is 0 Å². The zero-order valence-electron chi connectivity index (χ0n) is 12.9. The van der Waals surface area contributed by atoms with E-state index in [1.807, 2.05) is 39.0 Å². The summed E-state index contributed by atoms with van der Waals surface area (Å²) in [5.74, 6) is 1.15. The topological polar surface area (TPSA) is 64.4 Å². The zero-order valence-corrected chi connectivity index (χ0v) is 13.7. The summed E-state index contributed by atoms with van der Waals surface area (Å²) in [5.41, 5.74) is 6.91. The summed E-state index contributed by atoms with van der Waals surface area (Å²) >= 11 is 0. The fourth-order valence-electron chi connectivity index (χ4n) is 2.35. The molecule has 0 saturated heterocycles. The average Bonchev–Trinajstić information content (AvgIpc) is 2.42. The number of halogens is 1. The first-order chi connectivity index (χ1) is 9.39. The van der Waals surface area contributed by atoms with Crippen LogP contribution in [0.1, 0.15) is 38.7 Å². The number of benzene rings is 1. The second-order valence-corrected chi connectivity index (χ2v) is 6.46. The Labute approximate surface area is 132 Å². The molecule has 0 radical (unpaired) electrons. The van der Waals surface area contributed by atoms with Crippen LogP contribution in [-0.2, 0) is 4.79 Å². The highest BCUT2D eigenvalue weighted by molar-refractivity contribution is 5.85. The van der Waals surface area contributed by atoms with Crippen molar-refractivity contribution in [3.05, 3.63) is 29.8 Å². The summed E-state index contributed by atoms with van der Waals surface area (Å²) in [6, 6.07) is 7.52. The highest BCUT2D eigenvalue weighted by atomic mass is 35.5. The van der Waals surface area contributed by atoms with E-state index in [1.165, 1.54) is 5.56 Å². The van der Waals surface area contributed by atoms with E-state index < -0.39 is 6.04 Å². The molecule has 2 rings (SSSR count). The fraction of sp³-hybridized carbons (Fsp3) is 0.562. The first-order valence-corrected chi connectivity index (χ1v) is 7.14. The molecule has 0 bridgehead atoms. The first kappa shape index (κ1) is 17.8. The highest BCUT2D eigenvalue weighted by Gasteiger charge is 2.28. The zero-order chi connectivity index (χ0) is 14.8. The van der Waals surface area contributed by atoms with Crippen molar-refractivity contribution in [2.75, 3.05) is 13.2 Å². The molecule has 0 aromatic heterocycles. The molecule has 1 aliphatic heterocycles. The SMILES string of the molecule is CC(C)(C)[C@H](N)C(=O)NCC1CCOc2ccccc21.Cl. The number of hydrogen-bond donors (Lipinski definition) is 2. The molecule has 118 valence electrons. The maximum absolute atomic E-state index is 12.1. The largest absolute Gasteiger partial charge is 0.493 e. The van der Waals surface area contributed by atoms with E-state index in [0.29, 0.717) is 19.1 Å². The summed E-state index contributed by atoms with van der Waals surface area (Å²) in [4.78, 5) is 12.1. The van der Waals surface area contributed by atoms with Gasteiger partial charge in [-0.05, 0) is 23.5 Å². The molecule has 1 aliphatic rings. The Morgan fingerprint density at radius 1 is 1.43 bits per heavy atom. The van der Waals surface area contributed by atoms with Gasteiger partial charge < -0.3 is 15.8 Å². The van der Waals surface area contributed by atoms with Crippen LogP contribution in [0.15, 0.2) is 24.3 Å². The van der Waals surface area contributed by atoms with Gasteiger partial charge in [-0.3, -0.25) is 4.79 Å². The fourth-order valence-corrected chi connectivity index (χ4v) is 2.35. The van der Waals surface area contributed by atoms with Crippen LogP contribution < -0.4 is 15.8 Å². The maximum atomic E-state index is 12.1.